The largest absolute Gasteiger partial charge is 0.379 e. The van der Waals surface area contributed by atoms with E-state index in [4.69, 9.17) is 4.74 Å². The monoisotopic (exact) mass is 369 g/mol. The first-order chi connectivity index (χ1) is 13.2. The van der Waals surface area contributed by atoms with Crippen LogP contribution >= 0.6 is 0 Å². The van der Waals surface area contributed by atoms with Gasteiger partial charge in [0.2, 0.25) is 0 Å². The van der Waals surface area contributed by atoms with Crippen LogP contribution in [0.1, 0.15) is 41.5 Å². The van der Waals surface area contributed by atoms with E-state index in [1.807, 2.05) is 0 Å². The van der Waals surface area contributed by atoms with E-state index < -0.39 is 0 Å². The molecule has 0 spiro atoms. The summed E-state index contributed by atoms with van der Waals surface area (Å²) >= 11 is 0. The summed E-state index contributed by atoms with van der Waals surface area (Å²) in [5, 5.41) is 9.06. The summed E-state index contributed by atoms with van der Waals surface area (Å²) in [7, 11) is 2.13. The van der Waals surface area contributed by atoms with E-state index in [0.717, 1.165) is 77.0 Å². The maximum atomic E-state index is 5.44. The summed E-state index contributed by atoms with van der Waals surface area (Å²) in [6.07, 6.45) is 2.32. The molecule has 0 bridgehead atoms. The Morgan fingerprint density at radius 3 is 2.48 bits per heavy atom. The minimum Gasteiger partial charge on any atom is -0.379 e. The highest BCUT2D eigenvalue weighted by molar-refractivity contribution is 5.22. The van der Waals surface area contributed by atoms with Crippen LogP contribution in [0.5, 0.6) is 0 Å². The summed E-state index contributed by atoms with van der Waals surface area (Å²) in [5.41, 5.74) is 2.76. The molecule has 4 rings (SSSR count). The zero-order valence-electron chi connectivity index (χ0n) is 16.6. The van der Waals surface area contributed by atoms with Gasteiger partial charge in [0.05, 0.1) is 19.8 Å². The second kappa shape index (κ2) is 8.50. The maximum absolute atomic E-state index is 5.44. The SMILES string of the molecule is Cc1cccc(CN2CCC(c3nnc(CN4CCOCC4)n3C)CC2)c1. The number of rotatable bonds is 5. The Morgan fingerprint density at radius 1 is 1.00 bits per heavy atom. The fraction of sp³-hybridized carbons (Fsp3) is 0.619. The zero-order chi connectivity index (χ0) is 18.6. The number of piperidine rings is 1. The number of morpholine rings is 1. The summed E-state index contributed by atoms with van der Waals surface area (Å²) in [4.78, 5) is 4.97. The Bertz CT molecular complexity index is 745. The maximum Gasteiger partial charge on any atom is 0.146 e. The van der Waals surface area contributed by atoms with Crippen molar-refractivity contribution in [3.05, 3.63) is 47.0 Å². The lowest BCUT2D eigenvalue weighted by molar-refractivity contribution is 0.0326. The second-order valence-corrected chi connectivity index (χ2v) is 7.96. The fourth-order valence-corrected chi connectivity index (χ4v) is 4.25. The van der Waals surface area contributed by atoms with E-state index in [0.29, 0.717) is 5.92 Å². The van der Waals surface area contributed by atoms with Crippen molar-refractivity contribution in [2.45, 2.75) is 38.8 Å². The highest BCUT2D eigenvalue weighted by Gasteiger charge is 2.25. The average molecular weight is 370 g/mol. The van der Waals surface area contributed by atoms with Crippen molar-refractivity contribution in [3.63, 3.8) is 0 Å². The fourth-order valence-electron chi connectivity index (χ4n) is 4.25. The normalized spacial score (nSPS) is 20.2. The van der Waals surface area contributed by atoms with Crippen LogP contribution in [0.2, 0.25) is 0 Å². The van der Waals surface area contributed by atoms with Crippen LogP contribution in [0.3, 0.4) is 0 Å². The molecule has 3 heterocycles. The number of hydrogen-bond acceptors (Lipinski definition) is 5. The molecule has 27 heavy (non-hydrogen) atoms. The van der Waals surface area contributed by atoms with Gasteiger partial charge in [-0.25, -0.2) is 0 Å². The Kier molecular flexibility index (Phi) is 5.86. The summed E-state index contributed by atoms with van der Waals surface area (Å²) in [6.45, 7) is 9.97. The second-order valence-electron chi connectivity index (χ2n) is 7.96. The number of benzene rings is 1. The van der Waals surface area contributed by atoms with E-state index in [2.05, 4.69) is 62.8 Å². The number of ether oxygens (including phenoxy) is 1. The molecule has 2 fully saturated rings. The molecule has 0 aliphatic carbocycles. The third-order valence-corrected chi connectivity index (χ3v) is 5.91. The highest BCUT2D eigenvalue weighted by Crippen LogP contribution is 2.28. The van der Waals surface area contributed by atoms with Crippen molar-refractivity contribution >= 4 is 0 Å². The molecule has 6 nitrogen and oxygen atoms in total. The molecule has 1 aromatic heterocycles. The molecule has 0 amide bonds. The van der Waals surface area contributed by atoms with Crippen LogP contribution in [0, 0.1) is 6.92 Å². The van der Waals surface area contributed by atoms with Crippen molar-refractivity contribution in [2.24, 2.45) is 7.05 Å². The summed E-state index contributed by atoms with van der Waals surface area (Å²) in [5.74, 6) is 2.76. The predicted molar refractivity (Wildman–Crippen MR) is 106 cm³/mol. The molecule has 2 aliphatic rings. The predicted octanol–water partition coefficient (Wildman–Crippen LogP) is 2.34. The van der Waals surface area contributed by atoms with Gasteiger partial charge in [-0.2, -0.15) is 0 Å². The van der Waals surface area contributed by atoms with Crippen LogP contribution in [-0.2, 0) is 24.9 Å². The molecule has 6 heteroatoms. The van der Waals surface area contributed by atoms with Crippen molar-refractivity contribution in [3.8, 4) is 0 Å². The van der Waals surface area contributed by atoms with E-state index >= 15 is 0 Å². The third kappa shape index (κ3) is 4.57. The van der Waals surface area contributed by atoms with Gasteiger partial charge in [0, 0.05) is 32.6 Å². The zero-order valence-corrected chi connectivity index (χ0v) is 16.6. The van der Waals surface area contributed by atoms with Gasteiger partial charge in [-0.3, -0.25) is 9.80 Å². The molecular formula is C21H31N5O. The van der Waals surface area contributed by atoms with Gasteiger partial charge in [-0.05, 0) is 38.4 Å². The first-order valence-corrected chi connectivity index (χ1v) is 10.2. The molecule has 0 unspecified atom stereocenters. The van der Waals surface area contributed by atoms with Gasteiger partial charge in [-0.15, -0.1) is 10.2 Å². The van der Waals surface area contributed by atoms with Crippen molar-refractivity contribution in [1.82, 2.24) is 24.6 Å². The van der Waals surface area contributed by atoms with Crippen LogP contribution in [0.15, 0.2) is 24.3 Å². The smallest absolute Gasteiger partial charge is 0.146 e. The van der Waals surface area contributed by atoms with E-state index in [1.54, 1.807) is 0 Å². The molecule has 2 aliphatic heterocycles. The van der Waals surface area contributed by atoms with E-state index in [9.17, 15) is 0 Å². The highest BCUT2D eigenvalue weighted by atomic mass is 16.5. The van der Waals surface area contributed by atoms with Crippen molar-refractivity contribution in [2.75, 3.05) is 39.4 Å². The quantitative estimate of drug-likeness (QED) is 0.810. The molecular weight excluding hydrogens is 338 g/mol. The summed E-state index contributed by atoms with van der Waals surface area (Å²) < 4.78 is 7.67. The number of likely N-dealkylation sites (tertiary alicyclic amines) is 1. The molecule has 0 N–H and O–H groups in total. The van der Waals surface area contributed by atoms with E-state index in [1.165, 1.54) is 11.1 Å². The number of hydrogen-bond donors (Lipinski definition) is 0. The van der Waals surface area contributed by atoms with Crippen molar-refractivity contribution in [1.29, 1.82) is 0 Å². The average Bonchev–Trinajstić information content (AvgIpc) is 3.04. The van der Waals surface area contributed by atoms with Gasteiger partial charge < -0.3 is 9.30 Å². The van der Waals surface area contributed by atoms with Gasteiger partial charge in [0.25, 0.3) is 0 Å². The van der Waals surface area contributed by atoms with Crippen LogP contribution in [0.25, 0.3) is 0 Å². The Morgan fingerprint density at radius 2 is 1.74 bits per heavy atom. The van der Waals surface area contributed by atoms with Gasteiger partial charge in [-0.1, -0.05) is 29.8 Å². The molecule has 0 atom stereocenters. The van der Waals surface area contributed by atoms with Crippen LogP contribution in [0.4, 0.5) is 0 Å². The third-order valence-electron chi connectivity index (χ3n) is 5.91. The number of nitrogens with zero attached hydrogens (tertiary/aromatic N) is 5. The Balaban J connectivity index is 1.33. The van der Waals surface area contributed by atoms with Gasteiger partial charge in [0.15, 0.2) is 0 Å². The van der Waals surface area contributed by atoms with Crippen LogP contribution < -0.4 is 0 Å². The molecule has 146 valence electrons. The molecule has 2 saturated heterocycles. The minimum absolute atomic E-state index is 0.523. The molecule has 2 aromatic rings. The molecule has 0 saturated carbocycles. The topological polar surface area (TPSA) is 46.4 Å². The summed E-state index contributed by atoms with van der Waals surface area (Å²) in [6, 6.07) is 8.86. The van der Waals surface area contributed by atoms with Crippen molar-refractivity contribution < 1.29 is 4.74 Å². The first kappa shape index (κ1) is 18.6. The lowest BCUT2D eigenvalue weighted by atomic mass is 9.95. The van der Waals surface area contributed by atoms with E-state index in [-0.39, 0.29) is 0 Å². The number of aromatic nitrogens is 3. The first-order valence-electron chi connectivity index (χ1n) is 10.2. The minimum atomic E-state index is 0.523. The number of aryl methyl sites for hydroxylation is 1. The lowest BCUT2D eigenvalue weighted by Gasteiger charge is -2.31. The standard InChI is InChI=1S/C21H31N5O/c1-17-4-3-5-18(14-17)15-25-8-6-19(7-9-25)21-23-22-20(24(21)2)16-26-10-12-27-13-11-26/h3-5,14,19H,6-13,15-16H2,1-2H3. The Labute approximate surface area is 162 Å². The van der Waals surface area contributed by atoms with Gasteiger partial charge in [0.1, 0.15) is 11.6 Å². The lowest BCUT2D eigenvalue weighted by Crippen LogP contribution is -2.36. The molecule has 1 aromatic carbocycles. The van der Waals surface area contributed by atoms with Gasteiger partial charge >= 0.3 is 0 Å². The Hall–Kier alpha value is -1.76. The molecule has 0 radical (unpaired) electrons. The van der Waals surface area contributed by atoms with Crippen LogP contribution in [-0.4, -0.2) is 64.0 Å².